The minimum absolute atomic E-state index is 0.0598. The first kappa shape index (κ1) is 24.9. The number of nitrogens with zero attached hydrogens (tertiary/aromatic N) is 1. The van der Waals surface area contributed by atoms with Crippen LogP contribution in [-0.2, 0) is 9.59 Å². The third-order valence-electron chi connectivity index (χ3n) is 3.68. The monoisotopic (exact) mass is 393 g/mol. The Morgan fingerprint density at radius 1 is 1.00 bits per heavy atom. The third kappa shape index (κ3) is 11.2. The van der Waals surface area contributed by atoms with Gasteiger partial charge in [-0.3, -0.25) is 4.79 Å². The fourth-order valence-electron chi connectivity index (χ4n) is 2.25. The molecule has 0 fully saturated rings. The van der Waals surface area contributed by atoms with Crippen LogP contribution in [0.4, 0.5) is 0 Å². The molecule has 0 amide bonds. The molecule has 0 aliphatic heterocycles. The number of Topliss-reactive ketones (excluding diaryl/α,β-unsaturated/α-hetero) is 1. The van der Waals surface area contributed by atoms with Crippen molar-refractivity contribution in [3.05, 3.63) is 42.0 Å². The first-order valence-corrected chi connectivity index (χ1v) is 9.83. The van der Waals surface area contributed by atoms with Crippen molar-refractivity contribution in [2.24, 2.45) is 5.92 Å². The second kappa shape index (κ2) is 14.0. The molecule has 27 heavy (non-hydrogen) atoms. The van der Waals surface area contributed by atoms with Crippen LogP contribution in [0.2, 0.25) is 0 Å². The van der Waals surface area contributed by atoms with E-state index in [1.807, 2.05) is 31.2 Å². The molecule has 0 bridgehead atoms. The molecule has 0 aliphatic carbocycles. The van der Waals surface area contributed by atoms with E-state index >= 15 is 0 Å². The van der Waals surface area contributed by atoms with Gasteiger partial charge in [0.15, 0.2) is 5.78 Å². The molecule has 1 rings (SSSR count). The zero-order valence-corrected chi connectivity index (χ0v) is 17.1. The lowest BCUT2D eigenvalue weighted by atomic mass is 9.99. The van der Waals surface area contributed by atoms with E-state index in [0.717, 1.165) is 31.0 Å². The number of ketones is 1. The summed E-state index contributed by atoms with van der Waals surface area (Å²) in [7, 11) is 0. The van der Waals surface area contributed by atoms with Crippen LogP contribution in [0, 0.1) is 5.92 Å². The molecular formula is C20H27NO5S-2. The fraction of sp³-hybridized carbons (Fsp3) is 0.450. The molecule has 1 atom stereocenters. The molecule has 1 unspecified atom stereocenters. The molecule has 0 heterocycles. The minimum Gasteiger partial charge on any atom is -0.545 e. The lowest BCUT2D eigenvalue weighted by Crippen LogP contribution is -2.31. The Labute approximate surface area is 165 Å². The lowest BCUT2D eigenvalue weighted by molar-refractivity contribution is -0.301. The van der Waals surface area contributed by atoms with Crippen molar-refractivity contribution in [2.45, 2.75) is 32.6 Å². The highest BCUT2D eigenvalue weighted by molar-refractivity contribution is 7.99. The van der Waals surface area contributed by atoms with E-state index in [1.54, 1.807) is 11.8 Å². The zero-order valence-electron chi connectivity index (χ0n) is 16.3. The van der Waals surface area contributed by atoms with E-state index in [1.165, 1.54) is 4.90 Å². The van der Waals surface area contributed by atoms with Crippen molar-refractivity contribution < 1.29 is 24.6 Å². The second-order valence-electron chi connectivity index (χ2n) is 5.68. The summed E-state index contributed by atoms with van der Waals surface area (Å²) >= 11 is 1.80. The largest absolute Gasteiger partial charge is 0.545 e. The summed E-state index contributed by atoms with van der Waals surface area (Å²) in [5, 5.41) is 18.8. The van der Waals surface area contributed by atoms with Crippen LogP contribution in [0.25, 0.3) is 0 Å². The minimum atomic E-state index is -1.55. The number of rotatable bonds is 10. The molecule has 0 aliphatic rings. The van der Waals surface area contributed by atoms with Gasteiger partial charge in [-0.05, 0) is 43.1 Å². The molecule has 1 aromatic rings. The van der Waals surface area contributed by atoms with Gasteiger partial charge in [-0.1, -0.05) is 39.8 Å². The highest BCUT2D eigenvalue weighted by atomic mass is 32.2. The maximum atomic E-state index is 12.3. The van der Waals surface area contributed by atoms with Gasteiger partial charge in [0.1, 0.15) is 0 Å². The summed E-state index contributed by atoms with van der Waals surface area (Å²) < 4.78 is 0. The molecule has 0 saturated heterocycles. The van der Waals surface area contributed by atoms with Crippen LogP contribution in [-0.4, -0.2) is 48.0 Å². The second-order valence-corrected chi connectivity index (χ2v) is 7.02. The molecule has 150 valence electrons. The molecule has 6 nitrogen and oxygen atoms in total. The molecule has 0 spiro atoms. The average Bonchev–Trinajstić information content (AvgIpc) is 2.65. The molecule has 1 aromatic carbocycles. The average molecular weight is 394 g/mol. The van der Waals surface area contributed by atoms with Crippen LogP contribution in [0.3, 0.4) is 0 Å². The van der Waals surface area contributed by atoms with E-state index < -0.39 is 11.9 Å². The van der Waals surface area contributed by atoms with Gasteiger partial charge in [-0.25, -0.2) is 0 Å². The van der Waals surface area contributed by atoms with Crippen LogP contribution in [0.15, 0.2) is 41.3 Å². The Morgan fingerprint density at radius 3 is 1.85 bits per heavy atom. The smallest absolute Gasteiger partial charge is 0.166 e. The van der Waals surface area contributed by atoms with Gasteiger partial charge in [0, 0.05) is 22.9 Å². The summed E-state index contributed by atoms with van der Waals surface area (Å²) in [6.07, 6.45) is 0.769. The quantitative estimate of drug-likeness (QED) is 0.332. The summed E-state index contributed by atoms with van der Waals surface area (Å²) in [5.41, 5.74) is 0.833. The fourth-order valence-corrected chi connectivity index (χ4v) is 2.92. The third-order valence-corrected chi connectivity index (χ3v) is 4.57. The van der Waals surface area contributed by atoms with Gasteiger partial charge < -0.3 is 24.7 Å². The topological polar surface area (TPSA) is 101 Å². The number of benzene rings is 1. The summed E-state index contributed by atoms with van der Waals surface area (Å²) in [5.74, 6) is -1.72. The lowest BCUT2D eigenvalue weighted by Gasteiger charge is -2.21. The number of aliphatic carboxylic acids is 2. The zero-order chi connectivity index (χ0) is 20.8. The van der Waals surface area contributed by atoms with Crippen LogP contribution < -0.4 is 10.2 Å². The van der Waals surface area contributed by atoms with E-state index in [9.17, 15) is 24.6 Å². The van der Waals surface area contributed by atoms with Crippen LogP contribution >= 0.6 is 11.8 Å². The number of hydrogen-bond acceptors (Lipinski definition) is 7. The Morgan fingerprint density at radius 2 is 1.48 bits per heavy atom. The molecular weight excluding hydrogens is 366 g/mol. The van der Waals surface area contributed by atoms with Gasteiger partial charge in [-0.2, -0.15) is 0 Å². The first-order chi connectivity index (χ1) is 12.7. The molecule has 0 saturated carbocycles. The normalized spacial score (nSPS) is 11.7. The Kier molecular flexibility index (Phi) is 12.9. The number of thioether (sulfide) groups is 1. The Balaban J connectivity index is 0.000000713. The van der Waals surface area contributed by atoms with E-state index in [0.29, 0.717) is 12.2 Å². The predicted molar refractivity (Wildman–Crippen MR) is 103 cm³/mol. The summed E-state index contributed by atoms with van der Waals surface area (Å²) in [4.78, 5) is 34.7. The number of carbonyl (C=O) groups excluding carboxylic acids is 3. The summed E-state index contributed by atoms with van der Waals surface area (Å²) in [6, 6.07) is 8.01. The predicted octanol–water partition coefficient (Wildman–Crippen LogP) is 1.00. The van der Waals surface area contributed by atoms with Gasteiger partial charge in [-0.15, -0.1) is 11.8 Å². The van der Waals surface area contributed by atoms with E-state index in [2.05, 4.69) is 25.7 Å². The highest BCUT2D eigenvalue weighted by Crippen LogP contribution is 2.19. The molecule has 0 radical (unpaired) electrons. The SMILES string of the molecule is CCSc1ccc(C(=O)C(C)CN(CC)CC)cc1.O=C([O-])/C=C/C(=O)[O-]. The number of hydrogen-bond donors (Lipinski definition) is 0. The van der Waals surface area contributed by atoms with Crippen LogP contribution in [0.5, 0.6) is 0 Å². The maximum absolute atomic E-state index is 12.3. The van der Waals surface area contributed by atoms with Crippen molar-refractivity contribution in [1.82, 2.24) is 4.90 Å². The van der Waals surface area contributed by atoms with Gasteiger partial charge in [0.05, 0.1) is 11.9 Å². The van der Waals surface area contributed by atoms with Crippen molar-refractivity contribution in [1.29, 1.82) is 0 Å². The highest BCUT2D eigenvalue weighted by Gasteiger charge is 2.17. The summed E-state index contributed by atoms with van der Waals surface area (Å²) in [6.45, 7) is 11.3. The van der Waals surface area contributed by atoms with Gasteiger partial charge >= 0.3 is 0 Å². The van der Waals surface area contributed by atoms with Crippen molar-refractivity contribution >= 4 is 29.5 Å². The van der Waals surface area contributed by atoms with E-state index in [-0.39, 0.29) is 11.7 Å². The number of carboxylic acids is 2. The number of carbonyl (C=O) groups is 3. The van der Waals surface area contributed by atoms with E-state index in [4.69, 9.17) is 0 Å². The number of carboxylic acid groups (broad SMARTS) is 2. The van der Waals surface area contributed by atoms with Crippen LogP contribution in [0.1, 0.15) is 38.1 Å². The van der Waals surface area contributed by atoms with Crippen molar-refractivity contribution in [2.75, 3.05) is 25.4 Å². The maximum Gasteiger partial charge on any atom is 0.166 e. The first-order valence-electron chi connectivity index (χ1n) is 8.84. The Bertz CT molecular complexity index is 608. The Hall–Kier alpha value is -2.12. The molecule has 0 N–H and O–H groups in total. The van der Waals surface area contributed by atoms with Gasteiger partial charge in [0.2, 0.25) is 0 Å². The van der Waals surface area contributed by atoms with Crippen molar-refractivity contribution in [3.8, 4) is 0 Å². The molecule has 7 heteroatoms. The van der Waals surface area contributed by atoms with Gasteiger partial charge in [0.25, 0.3) is 0 Å². The standard InChI is InChI=1S/C16H25NOS.C4H4O4/c1-5-17(6-2)12-13(4)16(18)14-8-10-15(11-9-14)19-7-3;5-3(6)1-2-4(7)8/h8-11,13H,5-7,12H2,1-4H3;1-2H,(H,5,6)(H,7,8)/p-2/b;2-1+. The molecule has 0 aromatic heterocycles. The van der Waals surface area contributed by atoms with Crippen molar-refractivity contribution in [3.63, 3.8) is 0 Å².